The number of nitrogens with one attached hydrogen (secondary N) is 1. The highest BCUT2D eigenvalue weighted by Gasteiger charge is 2.20. The summed E-state index contributed by atoms with van der Waals surface area (Å²) in [6.07, 6.45) is 0.473. The van der Waals surface area contributed by atoms with Crippen molar-refractivity contribution in [2.45, 2.75) is 45.6 Å². The van der Waals surface area contributed by atoms with Gasteiger partial charge in [-0.15, -0.1) is 0 Å². The molecule has 0 heterocycles. The van der Waals surface area contributed by atoms with Crippen LogP contribution in [0.3, 0.4) is 0 Å². The standard InChI is InChI=1S/C10H18N2O5/c1-3-7(4-2)12(17)10(16)11-8(13)5-6-9(14)15/h7,17H,3-6H2,1-2H3,(H,14,15)(H,11,13,16). The van der Waals surface area contributed by atoms with E-state index in [4.69, 9.17) is 5.11 Å². The van der Waals surface area contributed by atoms with Crippen LogP contribution in [-0.4, -0.2) is 39.3 Å². The summed E-state index contributed by atoms with van der Waals surface area (Å²) in [7, 11) is 0. The van der Waals surface area contributed by atoms with Crippen molar-refractivity contribution < 1.29 is 24.7 Å². The fourth-order valence-corrected chi connectivity index (χ4v) is 1.26. The van der Waals surface area contributed by atoms with E-state index in [1.807, 2.05) is 5.32 Å². The summed E-state index contributed by atoms with van der Waals surface area (Å²) in [5, 5.41) is 20.2. The number of aliphatic carboxylic acids is 1. The van der Waals surface area contributed by atoms with Gasteiger partial charge in [0.2, 0.25) is 5.91 Å². The summed E-state index contributed by atoms with van der Waals surface area (Å²) in [6, 6.07) is -1.28. The van der Waals surface area contributed by atoms with Crippen LogP contribution in [0.15, 0.2) is 0 Å². The Morgan fingerprint density at radius 2 is 1.71 bits per heavy atom. The van der Waals surface area contributed by atoms with Crippen molar-refractivity contribution in [3.8, 4) is 0 Å². The molecule has 0 bridgehead atoms. The predicted molar refractivity (Wildman–Crippen MR) is 58.4 cm³/mol. The smallest absolute Gasteiger partial charge is 0.348 e. The Kier molecular flexibility index (Phi) is 6.88. The maximum absolute atomic E-state index is 11.4. The summed E-state index contributed by atoms with van der Waals surface area (Å²) in [6.45, 7) is 3.60. The minimum atomic E-state index is -1.12. The number of carboxylic acids is 1. The molecule has 0 aromatic rings. The summed E-state index contributed by atoms with van der Waals surface area (Å²) in [5.74, 6) is -1.84. The molecular weight excluding hydrogens is 228 g/mol. The van der Waals surface area contributed by atoms with E-state index in [-0.39, 0.29) is 18.9 Å². The van der Waals surface area contributed by atoms with Crippen molar-refractivity contribution in [3.63, 3.8) is 0 Å². The molecule has 0 saturated carbocycles. The number of rotatable bonds is 6. The molecule has 0 atom stereocenters. The lowest BCUT2D eigenvalue weighted by molar-refractivity contribution is -0.139. The first-order chi connectivity index (χ1) is 7.92. The van der Waals surface area contributed by atoms with Gasteiger partial charge in [0.05, 0.1) is 12.5 Å². The normalized spacial score (nSPS) is 10.1. The quantitative estimate of drug-likeness (QED) is 0.478. The predicted octanol–water partition coefficient (Wildman–Crippen LogP) is 0.967. The van der Waals surface area contributed by atoms with E-state index in [1.54, 1.807) is 13.8 Å². The maximum Gasteiger partial charge on any atom is 0.348 e. The zero-order valence-corrected chi connectivity index (χ0v) is 9.97. The number of imide groups is 1. The molecule has 17 heavy (non-hydrogen) atoms. The minimum Gasteiger partial charge on any atom is -0.481 e. The molecule has 0 unspecified atom stereocenters. The van der Waals surface area contributed by atoms with E-state index in [0.717, 1.165) is 0 Å². The van der Waals surface area contributed by atoms with E-state index in [0.29, 0.717) is 17.9 Å². The Hall–Kier alpha value is -1.63. The molecular formula is C10H18N2O5. The number of urea groups is 1. The number of hydrogen-bond donors (Lipinski definition) is 3. The Labute approximate surface area is 99.4 Å². The van der Waals surface area contributed by atoms with E-state index in [1.165, 1.54) is 0 Å². The Bertz CT molecular complexity index is 288. The van der Waals surface area contributed by atoms with Crippen molar-refractivity contribution >= 4 is 17.9 Å². The van der Waals surface area contributed by atoms with Crippen LogP contribution in [0.1, 0.15) is 39.5 Å². The molecule has 0 aliphatic rings. The highest BCUT2D eigenvalue weighted by atomic mass is 16.5. The molecule has 3 amide bonds. The molecule has 0 spiro atoms. The van der Waals surface area contributed by atoms with Gasteiger partial charge >= 0.3 is 12.0 Å². The van der Waals surface area contributed by atoms with Crippen LogP contribution in [0.5, 0.6) is 0 Å². The average Bonchev–Trinajstić information content (AvgIpc) is 2.27. The SMILES string of the molecule is CCC(CC)N(O)C(=O)NC(=O)CCC(=O)O. The number of carbonyl (C=O) groups is 3. The summed E-state index contributed by atoms with van der Waals surface area (Å²) in [4.78, 5) is 32.7. The second kappa shape index (κ2) is 7.61. The highest BCUT2D eigenvalue weighted by Crippen LogP contribution is 2.05. The monoisotopic (exact) mass is 246 g/mol. The molecule has 0 rings (SSSR count). The van der Waals surface area contributed by atoms with Crippen molar-refractivity contribution in [2.75, 3.05) is 0 Å². The maximum atomic E-state index is 11.4. The van der Waals surface area contributed by atoms with Crippen molar-refractivity contribution in [1.82, 2.24) is 10.4 Å². The first-order valence-electron chi connectivity index (χ1n) is 5.46. The fraction of sp³-hybridized carbons (Fsp3) is 0.700. The van der Waals surface area contributed by atoms with Gasteiger partial charge in [0, 0.05) is 6.42 Å². The Balaban J connectivity index is 4.15. The first-order valence-corrected chi connectivity index (χ1v) is 5.46. The van der Waals surface area contributed by atoms with Gasteiger partial charge in [0.25, 0.3) is 0 Å². The fourth-order valence-electron chi connectivity index (χ4n) is 1.26. The summed E-state index contributed by atoms with van der Waals surface area (Å²) in [5.41, 5.74) is 0. The third-order valence-corrected chi connectivity index (χ3v) is 2.31. The number of nitrogens with zero attached hydrogens (tertiary/aromatic N) is 1. The molecule has 0 radical (unpaired) electrons. The highest BCUT2D eigenvalue weighted by molar-refractivity contribution is 5.94. The second-order valence-electron chi connectivity index (χ2n) is 3.56. The number of hydroxylamine groups is 2. The molecule has 7 nitrogen and oxygen atoms in total. The van der Waals surface area contributed by atoms with E-state index >= 15 is 0 Å². The van der Waals surface area contributed by atoms with Gasteiger partial charge in [-0.1, -0.05) is 13.8 Å². The van der Waals surface area contributed by atoms with Crippen molar-refractivity contribution in [1.29, 1.82) is 0 Å². The van der Waals surface area contributed by atoms with Crippen molar-refractivity contribution in [2.24, 2.45) is 0 Å². The van der Waals surface area contributed by atoms with E-state index < -0.39 is 17.9 Å². The number of carbonyl (C=O) groups excluding carboxylic acids is 2. The molecule has 0 fully saturated rings. The lowest BCUT2D eigenvalue weighted by Gasteiger charge is -2.23. The van der Waals surface area contributed by atoms with Crippen LogP contribution in [0, 0.1) is 0 Å². The van der Waals surface area contributed by atoms with Crippen molar-refractivity contribution in [3.05, 3.63) is 0 Å². The number of amides is 3. The van der Waals surface area contributed by atoms with Crippen LogP contribution in [0.2, 0.25) is 0 Å². The van der Waals surface area contributed by atoms with E-state index in [9.17, 15) is 19.6 Å². The van der Waals surface area contributed by atoms with Gasteiger partial charge in [0.15, 0.2) is 0 Å². The number of hydrogen-bond acceptors (Lipinski definition) is 4. The average molecular weight is 246 g/mol. The largest absolute Gasteiger partial charge is 0.481 e. The zero-order valence-electron chi connectivity index (χ0n) is 9.97. The molecule has 3 N–H and O–H groups in total. The van der Waals surface area contributed by atoms with Gasteiger partial charge < -0.3 is 5.11 Å². The van der Waals surface area contributed by atoms with Gasteiger partial charge in [-0.05, 0) is 12.8 Å². The molecule has 0 aliphatic carbocycles. The third kappa shape index (κ3) is 5.86. The van der Waals surface area contributed by atoms with Crippen LogP contribution in [0.25, 0.3) is 0 Å². The van der Waals surface area contributed by atoms with Gasteiger partial charge in [-0.3, -0.25) is 20.1 Å². The molecule has 0 aromatic carbocycles. The zero-order chi connectivity index (χ0) is 13.4. The van der Waals surface area contributed by atoms with Gasteiger partial charge in [-0.2, -0.15) is 0 Å². The third-order valence-electron chi connectivity index (χ3n) is 2.31. The topological polar surface area (TPSA) is 107 Å². The second-order valence-corrected chi connectivity index (χ2v) is 3.56. The van der Waals surface area contributed by atoms with Gasteiger partial charge in [-0.25, -0.2) is 9.86 Å². The van der Waals surface area contributed by atoms with Crippen LogP contribution >= 0.6 is 0 Å². The molecule has 0 aliphatic heterocycles. The van der Waals surface area contributed by atoms with Gasteiger partial charge in [0.1, 0.15) is 0 Å². The molecule has 7 heteroatoms. The summed E-state index contributed by atoms with van der Waals surface area (Å²) < 4.78 is 0. The van der Waals surface area contributed by atoms with E-state index in [2.05, 4.69) is 0 Å². The lowest BCUT2D eigenvalue weighted by Crippen LogP contribution is -2.45. The lowest BCUT2D eigenvalue weighted by atomic mass is 10.2. The molecule has 0 saturated heterocycles. The molecule has 98 valence electrons. The Morgan fingerprint density at radius 3 is 2.12 bits per heavy atom. The minimum absolute atomic E-state index is 0.294. The van der Waals surface area contributed by atoms with Crippen LogP contribution in [-0.2, 0) is 9.59 Å². The first kappa shape index (κ1) is 15.4. The number of carboxylic acid groups (broad SMARTS) is 1. The van der Waals surface area contributed by atoms with Crippen LogP contribution < -0.4 is 5.32 Å². The molecule has 0 aromatic heterocycles. The van der Waals surface area contributed by atoms with Crippen LogP contribution in [0.4, 0.5) is 4.79 Å². The summed E-state index contributed by atoms with van der Waals surface area (Å²) >= 11 is 0. The Morgan fingerprint density at radius 1 is 1.18 bits per heavy atom.